The van der Waals surface area contributed by atoms with Crippen LogP contribution >= 0.6 is 0 Å². The Morgan fingerprint density at radius 2 is 1.51 bits per heavy atom. The summed E-state index contributed by atoms with van der Waals surface area (Å²) in [5, 5.41) is 5.19. The summed E-state index contributed by atoms with van der Waals surface area (Å²) in [7, 11) is 0. The van der Waals surface area contributed by atoms with Crippen molar-refractivity contribution in [2.75, 3.05) is 36.4 Å². The second kappa shape index (κ2) is 11.6. The van der Waals surface area contributed by atoms with Crippen molar-refractivity contribution in [2.45, 2.75) is 27.7 Å². The zero-order valence-electron chi connectivity index (χ0n) is 23.2. The average Bonchev–Trinajstić information content (AvgIpc) is 2.97. The molecule has 0 bridgehead atoms. The van der Waals surface area contributed by atoms with E-state index in [1.165, 1.54) is 0 Å². The predicted octanol–water partition coefficient (Wildman–Crippen LogP) is 7.12. The minimum absolute atomic E-state index is 0.139. The molecule has 1 heterocycles. The first-order chi connectivity index (χ1) is 19.1. The molecule has 2 aliphatic rings. The number of rotatable bonds is 8. The molecule has 0 saturated heterocycles. The smallest absolute Gasteiger partial charge is 0.256 e. The Labute approximate surface area is 230 Å². The second-order valence-electron chi connectivity index (χ2n) is 9.58. The zero-order valence-corrected chi connectivity index (χ0v) is 23.2. The van der Waals surface area contributed by atoms with Gasteiger partial charge >= 0.3 is 0 Å². The van der Waals surface area contributed by atoms with Gasteiger partial charge in [0.1, 0.15) is 24.4 Å². The monoisotopic (exact) mass is 518 g/mol. The van der Waals surface area contributed by atoms with Crippen LogP contribution in [0.1, 0.15) is 38.1 Å². The molecule has 5 rings (SSSR count). The molecule has 1 amide bonds. The third-order valence-corrected chi connectivity index (χ3v) is 7.39. The van der Waals surface area contributed by atoms with Crippen LogP contribution in [-0.2, 0) is 0 Å². The minimum Gasteiger partial charge on any atom is -0.456 e. The molecule has 5 nitrogen and oxygen atoms in total. The third kappa shape index (κ3) is 5.30. The Morgan fingerprint density at radius 1 is 0.795 bits per heavy atom. The molecule has 0 unspecified atom stereocenters. The Hall–Kier alpha value is -4.38. The molecule has 1 aliphatic heterocycles. The van der Waals surface area contributed by atoms with Gasteiger partial charge in [-0.2, -0.15) is 0 Å². The van der Waals surface area contributed by atoms with Crippen LogP contribution in [0.2, 0.25) is 0 Å². The Balaban J connectivity index is 1.74. The van der Waals surface area contributed by atoms with E-state index in [1.807, 2.05) is 54.6 Å². The number of carbonyl (C=O) groups excluding carboxylic acids is 1. The van der Waals surface area contributed by atoms with Crippen LogP contribution in [-0.4, -0.2) is 32.1 Å². The lowest BCUT2D eigenvalue weighted by Crippen LogP contribution is -2.29. The van der Waals surface area contributed by atoms with Gasteiger partial charge in [0.05, 0.1) is 6.07 Å². The highest BCUT2D eigenvalue weighted by Crippen LogP contribution is 2.38. The van der Waals surface area contributed by atoms with Crippen molar-refractivity contribution in [2.24, 2.45) is 0 Å². The van der Waals surface area contributed by atoms with Gasteiger partial charge in [-0.3, -0.25) is 4.79 Å². The summed E-state index contributed by atoms with van der Waals surface area (Å²) in [4.78, 5) is 15.8. The highest BCUT2D eigenvalue weighted by molar-refractivity contribution is 6.11. The molecular weight excluding hydrogens is 482 g/mol. The van der Waals surface area contributed by atoms with Crippen LogP contribution in [0.4, 0.5) is 11.4 Å². The predicted molar refractivity (Wildman–Crippen MR) is 163 cm³/mol. The number of fused-ring (bicyclic) bond motifs is 2. The molecule has 0 radical (unpaired) electrons. The summed E-state index contributed by atoms with van der Waals surface area (Å²) in [5.74, 6) is 0.712. The van der Waals surface area contributed by atoms with E-state index in [1.54, 1.807) is 0 Å². The molecule has 0 fully saturated rings. The van der Waals surface area contributed by atoms with E-state index < -0.39 is 0 Å². The van der Waals surface area contributed by atoms with Crippen LogP contribution in [0.25, 0.3) is 33.4 Å². The van der Waals surface area contributed by atoms with Gasteiger partial charge in [-0.15, -0.1) is 0 Å². The van der Waals surface area contributed by atoms with E-state index in [2.05, 4.69) is 78.9 Å². The molecule has 3 aromatic rings. The van der Waals surface area contributed by atoms with Crippen LogP contribution in [0, 0.1) is 0 Å². The summed E-state index contributed by atoms with van der Waals surface area (Å²) < 4.78 is 8.93. The first-order valence-corrected chi connectivity index (χ1v) is 13.9. The van der Waals surface area contributed by atoms with E-state index in [9.17, 15) is 4.79 Å². The normalized spacial score (nSPS) is 11.1. The summed E-state index contributed by atoms with van der Waals surface area (Å²) in [5.41, 5.74) is 6.15. The van der Waals surface area contributed by atoms with E-state index in [0.717, 1.165) is 76.3 Å². The molecule has 198 valence electrons. The van der Waals surface area contributed by atoms with Crippen molar-refractivity contribution < 1.29 is 9.21 Å². The fraction of sp³-hybridized carbons (Fsp3) is 0.235. The topological polar surface area (TPSA) is 48.5 Å². The highest BCUT2D eigenvalue weighted by atomic mass is 16.3. The second-order valence-corrected chi connectivity index (χ2v) is 9.58. The quantitative estimate of drug-likeness (QED) is 0.176. The van der Waals surface area contributed by atoms with Gasteiger partial charge in [0.25, 0.3) is 5.91 Å². The first-order valence-electron chi connectivity index (χ1n) is 13.9. The fourth-order valence-corrected chi connectivity index (χ4v) is 5.27. The molecule has 0 saturated carbocycles. The number of nitrogens with zero attached hydrogens (tertiary/aromatic N) is 2. The number of hydrogen-bond donors (Lipinski definition) is 1. The maximum atomic E-state index is 13.5. The van der Waals surface area contributed by atoms with Gasteiger partial charge in [0, 0.05) is 53.1 Å². The third-order valence-electron chi connectivity index (χ3n) is 7.39. The van der Waals surface area contributed by atoms with Crippen molar-refractivity contribution >= 4 is 28.3 Å². The summed E-state index contributed by atoms with van der Waals surface area (Å²) in [6.45, 7) is 12.3. The number of benzene rings is 4. The number of hydrogen-bond acceptors (Lipinski definition) is 3. The molecule has 0 spiro atoms. The molecule has 1 aliphatic carbocycles. The van der Waals surface area contributed by atoms with Crippen molar-refractivity contribution in [3.8, 4) is 22.5 Å². The first kappa shape index (κ1) is 26.2. The van der Waals surface area contributed by atoms with Gasteiger partial charge in [-0.1, -0.05) is 36.4 Å². The van der Waals surface area contributed by atoms with Crippen molar-refractivity contribution in [3.63, 3.8) is 0 Å². The zero-order chi connectivity index (χ0) is 27.4. The number of carbonyl (C=O) groups is 1. The summed E-state index contributed by atoms with van der Waals surface area (Å²) >= 11 is 0. The van der Waals surface area contributed by atoms with E-state index >= 15 is 0 Å². The van der Waals surface area contributed by atoms with Crippen molar-refractivity contribution in [3.05, 3.63) is 102 Å². The van der Waals surface area contributed by atoms with Crippen LogP contribution in [0.5, 0.6) is 0 Å². The summed E-state index contributed by atoms with van der Waals surface area (Å²) in [6, 6.07) is 30.3. The van der Waals surface area contributed by atoms with Gasteiger partial charge in [-0.05, 0) is 75.2 Å². The number of para-hydroxylation sites is 1. The van der Waals surface area contributed by atoms with Gasteiger partial charge in [0.15, 0.2) is 0 Å². The Bertz CT molecular complexity index is 1640. The van der Waals surface area contributed by atoms with Gasteiger partial charge in [0.2, 0.25) is 5.36 Å². The molecule has 39 heavy (non-hydrogen) atoms. The van der Waals surface area contributed by atoms with Gasteiger partial charge in [-0.25, -0.2) is 4.58 Å². The lowest BCUT2D eigenvalue weighted by molar-refractivity contribution is 0.102. The fourth-order valence-electron chi connectivity index (χ4n) is 5.27. The molecule has 5 heteroatoms. The maximum absolute atomic E-state index is 13.5. The minimum atomic E-state index is -0.139. The van der Waals surface area contributed by atoms with E-state index in [4.69, 9.17) is 4.42 Å². The van der Waals surface area contributed by atoms with Crippen LogP contribution in [0.15, 0.2) is 95.4 Å². The standard InChI is InChI=1S/C34H35N3O2/c1-5-36(6-2)26-19-18-24-20-31-30(21-27(37(7-3)8-4)23-33(31)39-32(24)22-26)28-16-12-13-17-29(28)34(38)35-25-14-10-9-11-15-25/h9-23H,5-8H2,1-4H3/p+1. The largest absolute Gasteiger partial charge is 0.456 e. The Morgan fingerprint density at radius 3 is 2.23 bits per heavy atom. The van der Waals surface area contributed by atoms with E-state index in [0.29, 0.717) is 5.56 Å². The van der Waals surface area contributed by atoms with Gasteiger partial charge < -0.3 is 14.6 Å². The lowest BCUT2D eigenvalue weighted by atomic mass is 9.94. The molecule has 0 atom stereocenters. The molecule has 3 aromatic carbocycles. The Kier molecular flexibility index (Phi) is 7.78. The maximum Gasteiger partial charge on any atom is 0.256 e. The molecule has 0 aromatic heterocycles. The van der Waals surface area contributed by atoms with Crippen molar-refractivity contribution in [1.82, 2.24) is 4.58 Å². The van der Waals surface area contributed by atoms with E-state index in [-0.39, 0.29) is 5.91 Å². The van der Waals surface area contributed by atoms with Crippen LogP contribution in [0.3, 0.4) is 0 Å². The highest BCUT2D eigenvalue weighted by Gasteiger charge is 2.20. The van der Waals surface area contributed by atoms with Crippen LogP contribution < -0.4 is 20.1 Å². The lowest BCUT2D eigenvalue weighted by Gasteiger charge is -2.23. The number of amides is 1. The molecular formula is C34H36N3O2+. The van der Waals surface area contributed by atoms with Crippen molar-refractivity contribution in [1.29, 1.82) is 0 Å². The molecule has 1 N–H and O–H groups in total. The number of nitrogens with one attached hydrogen (secondary N) is 1. The average molecular weight is 519 g/mol. The SMILES string of the molecule is CCN(CC)c1cc(-c2ccccc2C(=O)Nc2ccccc2)c2cc3ccc(=[N+](CC)CC)cc-3oc2c1. The number of anilines is 2. The summed E-state index contributed by atoms with van der Waals surface area (Å²) in [6.07, 6.45) is 0.